The van der Waals surface area contributed by atoms with Gasteiger partial charge in [-0.2, -0.15) is 0 Å². The van der Waals surface area contributed by atoms with Crippen LogP contribution in [-0.2, 0) is 4.74 Å². The van der Waals surface area contributed by atoms with Crippen LogP contribution in [0.2, 0.25) is 0 Å². The van der Waals surface area contributed by atoms with Crippen molar-refractivity contribution in [2.75, 3.05) is 25.5 Å². The lowest BCUT2D eigenvalue weighted by Crippen LogP contribution is -2.48. The van der Waals surface area contributed by atoms with E-state index in [1.807, 2.05) is 13.8 Å². The number of morpholine rings is 1. The average molecular weight is 368 g/mol. The topological polar surface area (TPSA) is 67.9 Å². The number of nitrogens with zero attached hydrogens (tertiary/aromatic N) is 1. The molecule has 0 unspecified atom stereocenters. The van der Waals surface area contributed by atoms with Crippen molar-refractivity contribution in [2.45, 2.75) is 26.1 Å². The number of carbonyl (C=O) groups excluding carboxylic acids is 2. The molecule has 2 amide bonds. The van der Waals surface area contributed by atoms with E-state index in [1.54, 1.807) is 60.5 Å². The fraction of sp³-hybridized carbons (Fsp3) is 0.333. The van der Waals surface area contributed by atoms with Gasteiger partial charge in [0.2, 0.25) is 0 Å². The van der Waals surface area contributed by atoms with Gasteiger partial charge in [0.25, 0.3) is 11.8 Å². The highest BCUT2D eigenvalue weighted by Crippen LogP contribution is 2.22. The van der Waals surface area contributed by atoms with Gasteiger partial charge in [0, 0.05) is 18.7 Å². The second kappa shape index (κ2) is 8.22. The fourth-order valence-electron chi connectivity index (χ4n) is 3.25. The molecule has 0 bridgehead atoms. The first-order valence-electron chi connectivity index (χ1n) is 8.97. The summed E-state index contributed by atoms with van der Waals surface area (Å²) in [5, 5.41) is 2.85. The first kappa shape index (κ1) is 18.9. The molecule has 1 fully saturated rings. The number of ether oxygens (including phenoxy) is 2. The molecular formula is C21H24N2O4. The normalized spacial score (nSPS) is 19.4. The maximum Gasteiger partial charge on any atom is 0.256 e. The summed E-state index contributed by atoms with van der Waals surface area (Å²) >= 11 is 0. The molecule has 1 saturated heterocycles. The molecular weight excluding hydrogens is 344 g/mol. The maximum absolute atomic E-state index is 13.0. The number of hydrogen-bond acceptors (Lipinski definition) is 4. The molecule has 142 valence electrons. The van der Waals surface area contributed by atoms with Gasteiger partial charge in [0.15, 0.2) is 0 Å². The van der Waals surface area contributed by atoms with Crippen molar-refractivity contribution >= 4 is 17.5 Å². The smallest absolute Gasteiger partial charge is 0.256 e. The van der Waals surface area contributed by atoms with Crippen molar-refractivity contribution in [3.8, 4) is 5.75 Å². The van der Waals surface area contributed by atoms with E-state index in [1.165, 1.54) is 0 Å². The number of amides is 2. The van der Waals surface area contributed by atoms with E-state index in [-0.39, 0.29) is 24.0 Å². The summed E-state index contributed by atoms with van der Waals surface area (Å²) in [5.74, 6) is 0.194. The van der Waals surface area contributed by atoms with Gasteiger partial charge in [0.1, 0.15) is 5.75 Å². The molecule has 6 heteroatoms. The summed E-state index contributed by atoms with van der Waals surface area (Å²) in [6, 6.07) is 13.9. The highest BCUT2D eigenvalue weighted by molar-refractivity contribution is 6.09. The van der Waals surface area contributed by atoms with Crippen LogP contribution in [0.15, 0.2) is 48.5 Å². The number of anilines is 1. The SMILES string of the molecule is COc1cccc(C(=O)Nc2ccccc2C(=O)N2C[C@H](C)O[C@@H](C)C2)c1. The van der Waals surface area contributed by atoms with Gasteiger partial charge in [-0.25, -0.2) is 0 Å². The third-order valence-corrected chi connectivity index (χ3v) is 4.44. The van der Waals surface area contributed by atoms with Gasteiger partial charge in [0.05, 0.1) is 30.6 Å². The van der Waals surface area contributed by atoms with E-state index in [4.69, 9.17) is 9.47 Å². The van der Waals surface area contributed by atoms with Crippen molar-refractivity contribution in [1.82, 2.24) is 4.90 Å². The first-order chi connectivity index (χ1) is 13.0. The quantitative estimate of drug-likeness (QED) is 0.900. The molecule has 0 aromatic heterocycles. The minimum atomic E-state index is -0.294. The highest BCUT2D eigenvalue weighted by Gasteiger charge is 2.28. The van der Waals surface area contributed by atoms with Gasteiger partial charge >= 0.3 is 0 Å². The Morgan fingerprint density at radius 1 is 1.07 bits per heavy atom. The third-order valence-electron chi connectivity index (χ3n) is 4.44. The molecule has 0 radical (unpaired) electrons. The standard InChI is InChI=1S/C21H24N2O4/c1-14-12-23(13-15(2)27-14)21(25)18-9-4-5-10-19(18)22-20(24)16-7-6-8-17(11-16)26-3/h4-11,14-15H,12-13H2,1-3H3,(H,22,24)/t14-,15-/m0/s1. The highest BCUT2D eigenvalue weighted by atomic mass is 16.5. The Kier molecular flexibility index (Phi) is 5.76. The Hall–Kier alpha value is -2.86. The monoisotopic (exact) mass is 368 g/mol. The molecule has 2 aromatic carbocycles. The van der Waals surface area contributed by atoms with Crippen LogP contribution in [0.3, 0.4) is 0 Å². The summed E-state index contributed by atoms with van der Waals surface area (Å²) in [7, 11) is 1.55. The summed E-state index contributed by atoms with van der Waals surface area (Å²) in [5.41, 5.74) is 1.42. The number of rotatable bonds is 4. The largest absolute Gasteiger partial charge is 0.497 e. The summed E-state index contributed by atoms with van der Waals surface area (Å²) in [6.45, 7) is 4.96. The van der Waals surface area contributed by atoms with Crippen LogP contribution in [0.1, 0.15) is 34.6 Å². The number of benzene rings is 2. The Balaban J connectivity index is 1.81. The van der Waals surface area contributed by atoms with E-state index >= 15 is 0 Å². The number of methoxy groups -OCH3 is 1. The molecule has 1 heterocycles. The Morgan fingerprint density at radius 2 is 1.78 bits per heavy atom. The summed E-state index contributed by atoms with van der Waals surface area (Å²) in [4.78, 5) is 27.4. The first-order valence-corrected chi connectivity index (χ1v) is 8.97. The van der Waals surface area contributed by atoms with Gasteiger partial charge in [-0.15, -0.1) is 0 Å². The lowest BCUT2D eigenvalue weighted by atomic mass is 10.1. The minimum absolute atomic E-state index is 0.0174. The van der Waals surface area contributed by atoms with Crippen LogP contribution in [0.4, 0.5) is 5.69 Å². The zero-order valence-electron chi connectivity index (χ0n) is 15.8. The molecule has 6 nitrogen and oxygen atoms in total. The molecule has 0 spiro atoms. The van der Waals surface area contributed by atoms with Crippen LogP contribution in [0, 0.1) is 0 Å². The van der Waals surface area contributed by atoms with Crippen molar-refractivity contribution in [3.05, 3.63) is 59.7 Å². The molecule has 1 N–H and O–H groups in total. The van der Waals surface area contributed by atoms with Gasteiger partial charge in [-0.3, -0.25) is 9.59 Å². The van der Waals surface area contributed by atoms with E-state index in [9.17, 15) is 9.59 Å². The molecule has 3 rings (SSSR count). The molecule has 0 saturated carbocycles. The zero-order valence-corrected chi connectivity index (χ0v) is 15.8. The molecule has 1 aliphatic heterocycles. The Labute approximate surface area is 159 Å². The van der Waals surface area contributed by atoms with E-state index < -0.39 is 0 Å². The van der Waals surface area contributed by atoms with Crippen LogP contribution < -0.4 is 10.1 Å². The predicted octanol–water partition coefficient (Wildman–Crippen LogP) is 3.20. The third kappa shape index (κ3) is 4.46. The molecule has 0 aliphatic carbocycles. The van der Waals surface area contributed by atoms with Gasteiger partial charge in [-0.1, -0.05) is 18.2 Å². The van der Waals surface area contributed by atoms with Gasteiger partial charge < -0.3 is 19.7 Å². The minimum Gasteiger partial charge on any atom is -0.497 e. The van der Waals surface area contributed by atoms with Gasteiger partial charge in [-0.05, 0) is 44.2 Å². The molecule has 2 atom stereocenters. The van der Waals surface area contributed by atoms with Crippen LogP contribution in [0.25, 0.3) is 0 Å². The van der Waals surface area contributed by atoms with Crippen molar-refractivity contribution in [3.63, 3.8) is 0 Å². The molecule has 1 aliphatic rings. The maximum atomic E-state index is 13.0. The lowest BCUT2D eigenvalue weighted by molar-refractivity contribution is -0.0585. The van der Waals surface area contributed by atoms with Crippen molar-refractivity contribution in [2.24, 2.45) is 0 Å². The van der Waals surface area contributed by atoms with Crippen molar-refractivity contribution in [1.29, 1.82) is 0 Å². The van der Waals surface area contributed by atoms with E-state index in [0.717, 1.165) is 0 Å². The Morgan fingerprint density at radius 3 is 2.48 bits per heavy atom. The predicted molar refractivity (Wildman–Crippen MR) is 103 cm³/mol. The second-order valence-corrected chi connectivity index (χ2v) is 6.70. The molecule has 2 aromatic rings. The number of para-hydroxylation sites is 1. The zero-order chi connectivity index (χ0) is 19.4. The van der Waals surface area contributed by atoms with E-state index in [0.29, 0.717) is 35.7 Å². The summed E-state index contributed by atoms with van der Waals surface area (Å²) in [6.07, 6.45) is -0.0347. The summed E-state index contributed by atoms with van der Waals surface area (Å²) < 4.78 is 10.9. The second-order valence-electron chi connectivity index (χ2n) is 6.70. The van der Waals surface area contributed by atoms with Crippen LogP contribution in [-0.4, -0.2) is 49.1 Å². The fourth-order valence-corrected chi connectivity index (χ4v) is 3.25. The van der Waals surface area contributed by atoms with Crippen LogP contribution >= 0.6 is 0 Å². The number of hydrogen-bond donors (Lipinski definition) is 1. The average Bonchev–Trinajstić information content (AvgIpc) is 2.67. The molecule has 27 heavy (non-hydrogen) atoms. The number of nitrogens with one attached hydrogen (secondary N) is 1. The van der Waals surface area contributed by atoms with Crippen molar-refractivity contribution < 1.29 is 19.1 Å². The lowest BCUT2D eigenvalue weighted by Gasteiger charge is -2.35. The Bertz CT molecular complexity index is 826. The van der Waals surface area contributed by atoms with Crippen LogP contribution in [0.5, 0.6) is 5.75 Å². The number of carbonyl (C=O) groups is 2. The van der Waals surface area contributed by atoms with E-state index in [2.05, 4.69) is 5.32 Å².